The first-order valence-electron chi connectivity index (χ1n) is 6.96. The molecule has 2 aromatic heterocycles. The van der Waals surface area contributed by atoms with Gasteiger partial charge >= 0.3 is 0 Å². The van der Waals surface area contributed by atoms with Crippen LogP contribution in [0.1, 0.15) is 5.56 Å². The number of rotatable bonds is 2. The molecule has 0 saturated carbocycles. The lowest BCUT2D eigenvalue weighted by Gasteiger charge is -1.88. The molecule has 0 saturated heterocycles. The van der Waals surface area contributed by atoms with Crippen molar-refractivity contribution in [2.45, 2.75) is 0 Å². The summed E-state index contributed by atoms with van der Waals surface area (Å²) in [6.45, 7) is 0. The normalized spacial score (nSPS) is 12.8. The summed E-state index contributed by atoms with van der Waals surface area (Å²) in [5, 5.41) is 0. The monoisotopic (exact) mass is 304 g/mol. The Kier molecular flexibility index (Phi) is 3.09. The van der Waals surface area contributed by atoms with Gasteiger partial charge in [0.05, 0.1) is 15.6 Å². The lowest BCUT2D eigenvalue weighted by Crippen LogP contribution is -2.22. The lowest BCUT2D eigenvalue weighted by molar-refractivity contribution is 1.19. The van der Waals surface area contributed by atoms with Gasteiger partial charge in [0.2, 0.25) is 0 Å². The SMILES string of the molecule is O=c1/c(=C/C=C/c2ccccc2)sc2nc3ccccc3n12. The fourth-order valence-electron chi connectivity index (χ4n) is 2.44. The van der Waals surface area contributed by atoms with Gasteiger partial charge in [-0.2, -0.15) is 0 Å². The summed E-state index contributed by atoms with van der Waals surface area (Å²) in [5.41, 5.74) is 2.83. The highest BCUT2D eigenvalue weighted by molar-refractivity contribution is 7.15. The van der Waals surface area contributed by atoms with Gasteiger partial charge in [-0.1, -0.05) is 66.0 Å². The molecule has 0 aliphatic rings. The Hall–Kier alpha value is -2.72. The minimum absolute atomic E-state index is 0.00795. The zero-order valence-electron chi connectivity index (χ0n) is 11.6. The van der Waals surface area contributed by atoms with Gasteiger partial charge in [0, 0.05) is 0 Å². The van der Waals surface area contributed by atoms with Crippen molar-refractivity contribution in [3.05, 3.63) is 81.1 Å². The maximum atomic E-state index is 12.5. The molecule has 0 aliphatic heterocycles. The van der Waals surface area contributed by atoms with E-state index < -0.39 is 0 Å². The Labute approximate surface area is 130 Å². The van der Waals surface area contributed by atoms with Crippen molar-refractivity contribution in [2.75, 3.05) is 0 Å². The summed E-state index contributed by atoms with van der Waals surface area (Å²) < 4.78 is 2.38. The average molecular weight is 304 g/mol. The van der Waals surface area contributed by atoms with Crippen LogP contribution in [0.5, 0.6) is 0 Å². The van der Waals surface area contributed by atoms with Gasteiger partial charge in [0.15, 0.2) is 4.96 Å². The number of hydrogen-bond acceptors (Lipinski definition) is 3. The Balaban J connectivity index is 1.83. The highest BCUT2D eigenvalue weighted by atomic mass is 32.1. The molecule has 22 heavy (non-hydrogen) atoms. The van der Waals surface area contributed by atoms with E-state index in [1.165, 1.54) is 11.3 Å². The summed E-state index contributed by atoms with van der Waals surface area (Å²) in [7, 11) is 0. The van der Waals surface area contributed by atoms with Crippen molar-refractivity contribution >= 4 is 39.5 Å². The second kappa shape index (κ2) is 5.24. The summed E-state index contributed by atoms with van der Waals surface area (Å²) >= 11 is 1.42. The third-order valence-electron chi connectivity index (χ3n) is 3.48. The zero-order valence-corrected chi connectivity index (χ0v) is 12.5. The van der Waals surface area contributed by atoms with Crippen LogP contribution in [-0.4, -0.2) is 9.38 Å². The fraction of sp³-hybridized carbons (Fsp3) is 0. The highest BCUT2D eigenvalue weighted by Gasteiger charge is 2.09. The van der Waals surface area contributed by atoms with E-state index in [0.29, 0.717) is 4.53 Å². The fourth-order valence-corrected chi connectivity index (χ4v) is 3.38. The smallest absolute Gasteiger partial charge is 0.267 e. The highest BCUT2D eigenvalue weighted by Crippen LogP contribution is 2.15. The first-order chi connectivity index (χ1) is 10.8. The van der Waals surface area contributed by atoms with Crippen LogP contribution in [0.4, 0.5) is 0 Å². The van der Waals surface area contributed by atoms with Crippen LogP contribution in [0, 0.1) is 0 Å². The predicted molar refractivity (Wildman–Crippen MR) is 92.0 cm³/mol. The minimum Gasteiger partial charge on any atom is -0.267 e. The lowest BCUT2D eigenvalue weighted by atomic mass is 10.2. The van der Waals surface area contributed by atoms with Gasteiger partial charge in [-0.25, -0.2) is 9.38 Å². The van der Waals surface area contributed by atoms with Gasteiger partial charge < -0.3 is 0 Å². The Bertz CT molecular complexity index is 1090. The van der Waals surface area contributed by atoms with Crippen molar-refractivity contribution in [1.82, 2.24) is 9.38 Å². The van der Waals surface area contributed by atoms with Crippen LogP contribution in [-0.2, 0) is 0 Å². The van der Waals surface area contributed by atoms with Crippen LogP contribution in [0.25, 0.3) is 28.1 Å². The van der Waals surface area contributed by atoms with Crippen molar-refractivity contribution in [1.29, 1.82) is 0 Å². The second-order valence-corrected chi connectivity index (χ2v) is 5.94. The summed E-state index contributed by atoms with van der Waals surface area (Å²) in [6.07, 6.45) is 5.74. The first-order valence-corrected chi connectivity index (χ1v) is 7.78. The van der Waals surface area contributed by atoms with Crippen molar-refractivity contribution in [3.8, 4) is 0 Å². The van der Waals surface area contributed by atoms with E-state index in [0.717, 1.165) is 21.6 Å². The zero-order chi connectivity index (χ0) is 14.9. The minimum atomic E-state index is -0.00795. The molecule has 2 heterocycles. The second-order valence-electron chi connectivity index (χ2n) is 4.93. The Morgan fingerprint density at radius 1 is 1.00 bits per heavy atom. The van der Waals surface area contributed by atoms with Crippen LogP contribution in [0.15, 0.2) is 65.5 Å². The molecule has 0 unspecified atom stereocenters. The number of fused-ring (bicyclic) bond motifs is 3. The molecule has 0 radical (unpaired) electrons. The molecule has 4 rings (SSSR count). The van der Waals surface area contributed by atoms with E-state index in [9.17, 15) is 4.79 Å². The number of hydrogen-bond donors (Lipinski definition) is 0. The van der Waals surface area contributed by atoms with E-state index in [2.05, 4.69) is 4.98 Å². The number of imidazole rings is 1. The van der Waals surface area contributed by atoms with Gasteiger partial charge in [0.25, 0.3) is 5.56 Å². The predicted octanol–water partition coefficient (Wildman–Crippen LogP) is 3.12. The van der Waals surface area contributed by atoms with Crippen molar-refractivity contribution < 1.29 is 0 Å². The largest absolute Gasteiger partial charge is 0.274 e. The van der Waals surface area contributed by atoms with Crippen molar-refractivity contribution in [3.63, 3.8) is 0 Å². The number of allylic oxidation sites excluding steroid dienone is 1. The van der Waals surface area contributed by atoms with Gasteiger partial charge in [-0.05, 0) is 23.8 Å². The van der Waals surface area contributed by atoms with Gasteiger partial charge in [0.1, 0.15) is 0 Å². The summed E-state index contributed by atoms with van der Waals surface area (Å²) in [5.74, 6) is 0. The molecule has 2 aromatic carbocycles. The number of thiazole rings is 1. The topological polar surface area (TPSA) is 34.4 Å². The molecule has 0 aliphatic carbocycles. The average Bonchev–Trinajstić information content (AvgIpc) is 3.06. The van der Waals surface area contributed by atoms with Crippen LogP contribution >= 0.6 is 11.3 Å². The molecule has 106 valence electrons. The molecule has 0 atom stereocenters. The maximum Gasteiger partial charge on any atom is 0.274 e. The molecule has 4 heteroatoms. The Morgan fingerprint density at radius 2 is 1.77 bits per heavy atom. The van der Waals surface area contributed by atoms with Crippen LogP contribution < -0.4 is 10.1 Å². The molecule has 0 amide bonds. The van der Waals surface area contributed by atoms with E-state index in [4.69, 9.17) is 0 Å². The molecule has 4 aromatic rings. The molecule has 0 spiro atoms. The standard InChI is InChI=1S/C18H12N2OS/c21-17-16(12-6-9-13-7-2-1-3-8-13)22-18-19-14-10-4-5-11-15(14)20(17)18/h1-12H/b9-6+,16-12-. The molecule has 0 bridgehead atoms. The quantitative estimate of drug-likeness (QED) is 0.570. The number of nitrogens with zero attached hydrogens (tertiary/aromatic N) is 2. The van der Waals surface area contributed by atoms with Gasteiger partial charge in [-0.15, -0.1) is 0 Å². The number of para-hydroxylation sites is 2. The first kappa shape index (κ1) is 13.0. The third-order valence-corrected chi connectivity index (χ3v) is 4.47. The van der Waals surface area contributed by atoms with E-state index in [1.807, 2.05) is 72.8 Å². The Morgan fingerprint density at radius 3 is 2.64 bits per heavy atom. The number of benzene rings is 2. The molecular formula is C18H12N2OS. The van der Waals surface area contributed by atoms with E-state index >= 15 is 0 Å². The van der Waals surface area contributed by atoms with E-state index in [-0.39, 0.29) is 5.56 Å². The van der Waals surface area contributed by atoms with Crippen LogP contribution in [0.2, 0.25) is 0 Å². The number of aromatic nitrogens is 2. The summed E-state index contributed by atoms with van der Waals surface area (Å²) in [6, 6.07) is 17.7. The molecule has 0 fully saturated rings. The van der Waals surface area contributed by atoms with E-state index in [1.54, 1.807) is 4.40 Å². The molecule has 3 nitrogen and oxygen atoms in total. The van der Waals surface area contributed by atoms with Gasteiger partial charge in [-0.3, -0.25) is 4.79 Å². The maximum absolute atomic E-state index is 12.5. The van der Waals surface area contributed by atoms with Crippen molar-refractivity contribution in [2.24, 2.45) is 0 Å². The van der Waals surface area contributed by atoms with Crippen LogP contribution in [0.3, 0.4) is 0 Å². The molecule has 0 N–H and O–H groups in total. The third kappa shape index (κ3) is 2.14. The summed E-state index contributed by atoms with van der Waals surface area (Å²) in [4.78, 5) is 17.8. The molecular weight excluding hydrogens is 292 g/mol.